The maximum atomic E-state index is 13.2. The molecule has 89 heavy (non-hydrogen) atoms. The fraction of sp³-hybridized carbons (Fsp3) is 0.880. The molecule has 526 valence electrons. The van der Waals surface area contributed by atoms with Crippen molar-refractivity contribution in [2.45, 2.75) is 362 Å². The first-order valence-electron chi connectivity index (χ1n) is 35.0. The van der Waals surface area contributed by atoms with Crippen LogP contribution in [0.1, 0.15) is 350 Å². The second kappa shape index (κ2) is 50.5. The van der Waals surface area contributed by atoms with Crippen LogP contribution in [0.4, 0.5) is 0 Å². The lowest BCUT2D eigenvalue weighted by Crippen LogP contribution is -2.43. The number of unbranched alkanes of at least 4 members (excludes halogenated alkanes) is 10. The van der Waals surface area contributed by atoms with E-state index >= 15 is 0 Å². The molecular formula is C75H146N4O9S. The summed E-state index contributed by atoms with van der Waals surface area (Å²) in [6.45, 7) is 50.1. The second-order valence-corrected chi connectivity index (χ2v) is 32.6. The van der Waals surface area contributed by atoms with Crippen LogP contribution >= 0.6 is 13.5 Å². The van der Waals surface area contributed by atoms with Gasteiger partial charge in [0.05, 0.1) is 5.60 Å². The monoisotopic (exact) mass is 1280 g/mol. The molecule has 14 heteroatoms. The Kier molecular flexibility index (Phi) is 52.5. The number of allylic oxidation sites excluding steroid dienone is 1. The molecule has 13 nitrogen and oxygen atoms in total. The highest BCUT2D eigenvalue weighted by atomic mass is 32.1. The Labute approximate surface area is 556 Å². The lowest BCUT2D eigenvalue weighted by atomic mass is 9.74. The molecule has 0 fully saturated rings. The SMILES string of the molecule is C=C(CCCCCCC(=O)CCCCCNC(=O)[C@H](CCCCNC(=O)CCCCC(C)(C)C)CC(=O)CCCCC(C)(C)C)C(C)(C)C.CC(C)(C)CCCC(=O)CCC(C)(OCOCCCC(=O)CCCCCNC(C)(C)C)C(C)(C)C.CC(N)=O.S. The number of amides is 3. The topological polar surface area (TPSA) is 200 Å². The minimum absolute atomic E-state index is 0. The number of ketones is 4. The molecule has 0 saturated heterocycles. The molecule has 0 saturated carbocycles. The molecule has 3 amide bonds. The van der Waals surface area contributed by atoms with Gasteiger partial charge in [0.1, 0.15) is 29.9 Å². The number of carbonyl (C=O) groups is 7. The first kappa shape index (κ1) is 92.5. The Balaban J connectivity index is -0.000000793. The van der Waals surface area contributed by atoms with Gasteiger partial charge in [-0.05, 0) is 170 Å². The zero-order valence-electron chi connectivity index (χ0n) is 61.9. The Morgan fingerprint density at radius 2 is 0.831 bits per heavy atom. The number of carbonyl (C=O) groups excluding carboxylic acids is 7. The van der Waals surface area contributed by atoms with Crippen molar-refractivity contribution < 1.29 is 43.0 Å². The zero-order valence-corrected chi connectivity index (χ0v) is 62.9. The third kappa shape index (κ3) is 64.9. The van der Waals surface area contributed by atoms with E-state index in [0.717, 1.165) is 148 Å². The largest absolute Gasteiger partial charge is 0.370 e. The van der Waals surface area contributed by atoms with Crippen LogP contribution in [-0.4, -0.2) is 85.0 Å². The standard InChI is InChI=1S/C43H80N2O4.C30H59NO4.C2H5NO.H2S/c1-35(43(8,9)10)24-14-11-12-15-26-37(46)27-16-13-22-33-45-40(49)36(34-38(47)28-17-20-30-41(2,3)4)25-19-23-32-44-39(48)29-18-21-31-42(5,6)7;1-27(2,3)20-14-17-26(33)19-21-30(10,28(4,5)6)35-24-34-23-15-18-25(32)16-12-11-13-22-31-29(7,8)9;1-2(3)4;/h36H,1,11-34H2,2-10H3,(H,44,48)(H,45,49);31H,11-24H2,1-10H3;1H3,(H2,3,4);1H2/t36-;;;/m1.../s1. The minimum atomic E-state index is -0.440. The van der Waals surface area contributed by atoms with Crippen molar-refractivity contribution in [1.82, 2.24) is 16.0 Å². The molecule has 0 aromatic heterocycles. The Bertz CT molecular complexity index is 1910. The number of nitrogens with one attached hydrogen (secondary N) is 3. The minimum Gasteiger partial charge on any atom is -0.370 e. The fourth-order valence-corrected chi connectivity index (χ4v) is 9.74. The highest BCUT2D eigenvalue weighted by Gasteiger charge is 2.39. The Hall–Kier alpha value is -2.94. The number of hydrogen-bond donors (Lipinski definition) is 4. The summed E-state index contributed by atoms with van der Waals surface area (Å²) in [5.41, 5.74) is 6.41. The number of hydrogen-bond acceptors (Lipinski definition) is 10. The molecule has 0 aromatic rings. The predicted molar refractivity (Wildman–Crippen MR) is 382 cm³/mol. The number of nitrogens with two attached hydrogens (primary N) is 1. The summed E-state index contributed by atoms with van der Waals surface area (Å²) in [7, 11) is 0. The van der Waals surface area contributed by atoms with Crippen LogP contribution in [0.2, 0.25) is 0 Å². The summed E-state index contributed by atoms with van der Waals surface area (Å²) in [6, 6.07) is 0. The number of rotatable bonds is 48. The Morgan fingerprint density at radius 1 is 0.438 bits per heavy atom. The molecule has 0 rings (SSSR count). The van der Waals surface area contributed by atoms with Gasteiger partial charge in [-0.3, -0.25) is 33.6 Å². The zero-order chi connectivity index (χ0) is 68.1. The van der Waals surface area contributed by atoms with E-state index in [2.05, 4.69) is 160 Å². The summed E-state index contributed by atoms with van der Waals surface area (Å²) < 4.78 is 11.9. The maximum Gasteiger partial charge on any atom is 0.223 e. The number of primary amides is 1. The van der Waals surface area contributed by atoms with E-state index in [0.29, 0.717) is 113 Å². The van der Waals surface area contributed by atoms with Crippen molar-refractivity contribution in [3.05, 3.63) is 12.2 Å². The number of ether oxygens (including phenoxy) is 2. The van der Waals surface area contributed by atoms with E-state index in [1.165, 1.54) is 12.5 Å². The average Bonchev–Trinajstić information content (AvgIpc) is 3.37. The lowest BCUT2D eigenvalue weighted by Gasteiger charge is -2.41. The van der Waals surface area contributed by atoms with Gasteiger partial charge < -0.3 is 31.2 Å². The van der Waals surface area contributed by atoms with Crippen molar-refractivity contribution in [3.63, 3.8) is 0 Å². The molecule has 0 aromatic carbocycles. The van der Waals surface area contributed by atoms with Crippen LogP contribution in [0, 0.1) is 33.0 Å². The summed E-state index contributed by atoms with van der Waals surface area (Å²) in [6.07, 6.45) is 28.1. The Morgan fingerprint density at radius 3 is 1.31 bits per heavy atom. The van der Waals surface area contributed by atoms with Gasteiger partial charge in [-0.15, -0.1) is 0 Å². The van der Waals surface area contributed by atoms with Crippen molar-refractivity contribution in [3.8, 4) is 0 Å². The van der Waals surface area contributed by atoms with Crippen LogP contribution < -0.4 is 21.7 Å². The van der Waals surface area contributed by atoms with Gasteiger partial charge in [-0.2, -0.15) is 13.5 Å². The molecular weight excluding hydrogens is 1130 g/mol. The molecule has 2 atom stereocenters. The first-order chi connectivity index (χ1) is 40.5. The van der Waals surface area contributed by atoms with Crippen LogP contribution in [-0.2, 0) is 43.0 Å². The summed E-state index contributed by atoms with van der Waals surface area (Å²) in [5.74, 6) is 0.571. The quantitative estimate of drug-likeness (QED) is 0.0258. The van der Waals surface area contributed by atoms with Crippen molar-refractivity contribution >= 4 is 54.4 Å². The summed E-state index contributed by atoms with van der Waals surface area (Å²) in [5, 5.41) is 9.59. The van der Waals surface area contributed by atoms with E-state index in [1.807, 2.05) is 0 Å². The summed E-state index contributed by atoms with van der Waals surface area (Å²) in [4.78, 5) is 84.3. The van der Waals surface area contributed by atoms with E-state index in [4.69, 9.17) is 9.47 Å². The van der Waals surface area contributed by atoms with Crippen molar-refractivity contribution in [2.75, 3.05) is 33.0 Å². The highest BCUT2D eigenvalue weighted by Crippen LogP contribution is 2.38. The van der Waals surface area contributed by atoms with Gasteiger partial charge in [0, 0.05) is 95.9 Å². The molecule has 0 aliphatic rings. The third-order valence-corrected chi connectivity index (χ3v) is 16.4. The van der Waals surface area contributed by atoms with Crippen LogP contribution in [0.3, 0.4) is 0 Å². The highest BCUT2D eigenvalue weighted by molar-refractivity contribution is 7.59. The third-order valence-electron chi connectivity index (χ3n) is 16.4. The molecule has 0 radical (unpaired) electrons. The van der Waals surface area contributed by atoms with E-state index < -0.39 is 5.60 Å². The van der Waals surface area contributed by atoms with E-state index in [1.54, 1.807) is 0 Å². The first-order valence-corrected chi connectivity index (χ1v) is 35.0. The van der Waals surface area contributed by atoms with Gasteiger partial charge in [0.15, 0.2) is 0 Å². The van der Waals surface area contributed by atoms with Gasteiger partial charge in [-0.25, -0.2) is 0 Å². The van der Waals surface area contributed by atoms with Gasteiger partial charge in [0.25, 0.3) is 0 Å². The normalized spacial score (nSPS) is 13.1. The average molecular weight is 1280 g/mol. The van der Waals surface area contributed by atoms with Crippen molar-refractivity contribution in [1.29, 1.82) is 0 Å². The molecule has 0 spiro atoms. The van der Waals surface area contributed by atoms with Crippen molar-refractivity contribution in [2.24, 2.45) is 38.7 Å². The lowest BCUT2D eigenvalue weighted by molar-refractivity contribution is -0.180. The van der Waals surface area contributed by atoms with Crippen LogP contribution in [0.15, 0.2) is 12.2 Å². The molecule has 1 unspecified atom stereocenters. The molecule has 0 bridgehead atoms. The smallest absolute Gasteiger partial charge is 0.223 e. The van der Waals surface area contributed by atoms with Crippen LogP contribution in [0.5, 0.6) is 0 Å². The van der Waals surface area contributed by atoms with E-state index in [-0.39, 0.29) is 76.9 Å². The second-order valence-electron chi connectivity index (χ2n) is 32.6. The molecule has 0 heterocycles. The molecule has 0 aliphatic heterocycles. The number of Topliss-reactive ketones (excluding diaryl/α,β-unsaturated/α-hetero) is 4. The van der Waals surface area contributed by atoms with E-state index in [9.17, 15) is 33.6 Å². The van der Waals surface area contributed by atoms with Gasteiger partial charge in [0.2, 0.25) is 17.7 Å². The fourth-order valence-electron chi connectivity index (χ4n) is 9.74. The summed E-state index contributed by atoms with van der Waals surface area (Å²) >= 11 is 0. The van der Waals surface area contributed by atoms with Gasteiger partial charge in [-0.1, -0.05) is 161 Å². The molecule has 0 aliphatic carbocycles. The van der Waals surface area contributed by atoms with Gasteiger partial charge >= 0.3 is 0 Å². The maximum absolute atomic E-state index is 13.2. The van der Waals surface area contributed by atoms with Crippen LogP contribution in [0.25, 0.3) is 0 Å². The predicted octanol–water partition coefficient (Wildman–Crippen LogP) is 18.5. The molecule has 5 N–H and O–H groups in total.